The zero-order valence-electron chi connectivity index (χ0n) is 12.2. The Balaban J connectivity index is 1.79. The Bertz CT molecular complexity index is 377. The number of carbonyl (C=O) groups excluding carboxylic acids is 1. The number of methoxy groups -OCH3 is 1. The number of hydrogen-bond donors (Lipinski definition) is 2. The lowest BCUT2D eigenvalue weighted by atomic mass is 9.80. The Morgan fingerprint density at radius 3 is 2.45 bits per heavy atom. The van der Waals surface area contributed by atoms with Crippen LogP contribution in [0.25, 0.3) is 0 Å². The average molecular weight is 284 g/mol. The van der Waals surface area contributed by atoms with E-state index >= 15 is 0 Å². The number of likely N-dealkylation sites (tertiary alicyclic amines) is 1. The molecule has 2 amide bonds. The van der Waals surface area contributed by atoms with Gasteiger partial charge < -0.3 is 20.1 Å². The van der Waals surface area contributed by atoms with Crippen LogP contribution >= 0.6 is 0 Å². The zero-order valence-corrected chi connectivity index (χ0v) is 12.2. The highest BCUT2D eigenvalue weighted by atomic mass is 16.5. The van der Waals surface area contributed by atoms with Crippen LogP contribution in [0.5, 0.6) is 0 Å². The lowest BCUT2D eigenvalue weighted by Gasteiger charge is -2.36. The van der Waals surface area contributed by atoms with Gasteiger partial charge in [0.15, 0.2) is 0 Å². The number of nitrogens with zero attached hydrogens (tertiary/aromatic N) is 1. The van der Waals surface area contributed by atoms with Gasteiger partial charge in [0.1, 0.15) is 0 Å². The minimum atomic E-state index is -0.767. The van der Waals surface area contributed by atoms with E-state index in [0.717, 1.165) is 19.3 Å². The quantitative estimate of drug-likeness (QED) is 0.822. The van der Waals surface area contributed by atoms with Crippen LogP contribution < -0.4 is 5.32 Å². The Hall–Kier alpha value is -1.30. The van der Waals surface area contributed by atoms with Crippen molar-refractivity contribution in [1.29, 1.82) is 0 Å². The second-order valence-electron chi connectivity index (χ2n) is 6.17. The van der Waals surface area contributed by atoms with Crippen molar-refractivity contribution in [3.63, 3.8) is 0 Å². The molecule has 1 saturated carbocycles. The van der Waals surface area contributed by atoms with Crippen LogP contribution in [0.4, 0.5) is 4.79 Å². The molecule has 1 aliphatic carbocycles. The highest BCUT2D eigenvalue weighted by Gasteiger charge is 2.38. The van der Waals surface area contributed by atoms with Crippen LogP contribution in [-0.2, 0) is 9.53 Å². The van der Waals surface area contributed by atoms with Crippen molar-refractivity contribution >= 4 is 12.0 Å². The van der Waals surface area contributed by atoms with Gasteiger partial charge in [-0.2, -0.15) is 0 Å². The van der Waals surface area contributed by atoms with Crippen molar-refractivity contribution in [2.75, 3.05) is 20.2 Å². The number of nitrogens with one attached hydrogen (secondary N) is 1. The van der Waals surface area contributed by atoms with Crippen molar-refractivity contribution in [1.82, 2.24) is 10.2 Å². The summed E-state index contributed by atoms with van der Waals surface area (Å²) < 4.78 is 5.29. The average Bonchev–Trinajstić information content (AvgIpc) is 2.87. The molecule has 6 nitrogen and oxygen atoms in total. The number of carbonyl (C=O) groups is 2. The van der Waals surface area contributed by atoms with Crippen LogP contribution in [0.1, 0.15) is 39.0 Å². The minimum absolute atomic E-state index is 0.0702. The molecule has 6 heteroatoms. The Labute approximate surface area is 119 Å². The van der Waals surface area contributed by atoms with Gasteiger partial charge >= 0.3 is 12.0 Å². The van der Waals surface area contributed by atoms with Crippen molar-refractivity contribution in [2.24, 2.45) is 5.41 Å². The van der Waals surface area contributed by atoms with E-state index in [4.69, 9.17) is 4.74 Å². The van der Waals surface area contributed by atoms with E-state index in [0.29, 0.717) is 25.9 Å². The molecule has 0 aromatic rings. The van der Waals surface area contributed by atoms with Crippen molar-refractivity contribution in [3.8, 4) is 0 Å². The molecular weight excluding hydrogens is 260 g/mol. The molecule has 2 atom stereocenters. The molecule has 0 spiro atoms. The van der Waals surface area contributed by atoms with Gasteiger partial charge in [0.25, 0.3) is 0 Å². The number of ether oxygens (including phenoxy) is 1. The van der Waals surface area contributed by atoms with E-state index in [1.165, 1.54) is 0 Å². The van der Waals surface area contributed by atoms with Crippen LogP contribution in [-0.4, -0.2) is 54.4 Å². The van der Waals surface area contributed by atoms with Crippen LogP contribution in [0.2, 0.25) is 0 Å². The molecule has 0 aromatic carbocycles. The molecule has 0 bridgehead atoms. The van der Waals surface area contributed by atoms with Gasteiger partial charge in [-0.05, 0) is 39.0 Å². The topological polar surface area (TPSA) is 78.9 Å². The van der Waals surface area contributed by atoms with Gasteiger partial charge in [-0.1, -0.05) is 0 Å². The number of hydrogen-bond acceptors (Lipinski definition) is 3. The van der Waals surface area contributed by atoms with Gasteiger partial charge in [-0.15, -0.1) is 0 Å². The fourth-order valence-corrected chi connectivity index (χ4v) is 2.97. The third-order valence-corrected chi connectivity index (χ3v) is 4.72. The fourth-order valence-electron chi connectivity index (χ4n) is 2.97. The number of amides is 2. The van der Waals surface area contributed by atoms with E-state index in [1.54, 1.807) is 18.9 Å². The highest BCUT2D eigenvalue weighted by molar-refractivity contribution is 5.77. The molecule has 0 radical (unpaired) electrons. The maximum Gasteiger partial charge on any atom is 0.317 e. The molecule has 1 saturated heterocycles. The summed E-state index contributed by atoms with van der Waals surface area (Å²) in [5, 5.41) is 12.2. The minimum Gasteiger partial charge on any atom is -0.481 e. The number of carboxylic acid groups (broad SMARTS) is 1. The SMILES string of the molecule is COC1CCC(NC(=O)N2CCC(C)(C(=O)O)CC2)C1. The van der Waals surface area contributed by atoms with Gasteiger partial charge in [0, 0.05) is 26.2 Å². The number of rotatable bonds is 3. The molecular formula is C14H24N2O4. The Morgan fingerprint density at radius 1 is 1.30 bits per heavy atom. The van der Waals surface area contributed by atoms with E-state index in [9.17, 15) is 14.7 Å². The first-order valence-electron chi connectivity index (χ1n) is 7.26. The number of piperidine rings is 1. The summed E-state index contributed by atoms with van der Waals surface area (Å²) in [4.78, 5) is 25.1. The summed E-state index contributed by atoms with van der Waals surface area (Å²) in [7, 11) is 1.70. The molecule has 2 N–H and O–H groups in total. The molecule has 1 heterocycles. The largest absolute Gasteiger partial charge is 0.481 e. The van der Waals surface area contributed by atoms with Crippen molar-refractivity contribution < 1.29 is 19.4 Å². The smallest absolute Gasteiger partial charge is 0.317 e. The summed E-state index contributed by atoms with van der Waals surface area (Å²) in [5.41, 5.74) is -0.689. The van der Waals surface area contributed by atoms with Crippen LogP contribution in [0.15, 0.2) is 0 Å². The molecule has 2 unspecified atom stereocenters. The van der Waals surface area contributed by atoms with Gasteiger partial charge in [-0.25, -0.2) is 4.79 Å². The first-order chi connectivity index (χ1) is 9.44. The van der Waals surface area contributed by atoms with Gasteiger partial charge in [-0.3, -0.25) is 4.79 Å². The molecule has 2 aliphatic rings. The van der Waals surface area contributed by atoms with Crippen LogP contribution in [0, 0.1) is 5.41 Å². The number of carboxylic acids is 1. The van der Waals surface area contributed by atoms with E-state index in [1.807, 2.05) is 0 Å². The Kier molecular flexibility index (Phi) is 4.52. The normalized spacial score (nSPS) is 29.2. The van der Waals surface area contributed by atoms with E-state index < -0.39 is 11.4 Å². The first-order valence-corrected chi connectivity index (χ1v) is 7.26. The number of aliphatic carboxylic acids is 1. The highest BCUT2D eigenvalue weighted by Crippen LogP contribution is 2.31. The van der Waals surface area contributed by atoms with Crippen LogP contribution in [0.3, 0.4) is 0 Å². The summed E-state index contributed by atoms with van der Waals surface area (Å²) >= 11 is 0. The zero-order chi connectivity index (χ0) is 14.8. The predicted octanol–water partition coefficient (Wildman–Crippen LogP) is 1.45. The van der Waals surface area contributed by atoms with Crippen molar-refractivity contribution in [3.05, 3.63) is 0 Å². The fraction of sp³-hybridized carbons (Fsp3) is 0.857. The maximum absolute atomic E-state index is 12.2. The first kappa shape index (κ1) is 15.1. The second-order valence-corrected chi connectivity index (χ2v) is 6.17. The summed E-state index contributed by atoms with van der Waals surface area (Å²) in [5.74, 6) is -0.767. The van der Waals surface area contributed by atoms with Gasteiger partial charge in [0.2, 0.25) is 0 Å². The molecule has 0 aromatic heterocycles. The van der Waals surface area contributed by atoms with Crippen molar-refractivity contribution in [2.45, 2.75) is 51.2 Å². The molecule has 114 valence electrons. The van der Waals surface area contributed by atoms with E-state index in [2.05, 4.69) is 5.32 Å². The monoisotopic (exact) mass is 284 g/mol. The lowest BCUT2D eigenvalue weighted by molar-refractivity contribution is -0.150. The maximum atomic E-state index is 12.2. The second kappa shape index (κ2) is 5.99. The van der Waals surface area contributed by atoms with Gasteiger partial charge in [0.05, 0.1) is 11.5 Å². The molecule has 2 fully saturated rings. The molecule has 20 heavy (non-hydrogen) atoms. The Morgan fingerprint density at radius 2 is 1.95 bits per heavy atom. The third kappa shape index (κ3) is 3.23. The standard InChI is InChI=1S/C14H24N2O4/c1-14(12(17)18)5-7-16(8-6-14)13(19)15-10-3-4-11(9-10)20-2/h10-11H,3-9H2,1-2H3,(H,15,19)(H,17,18). The summed E-state index contributed by atoms with van der Waals surface area (Å²) in [6.07, 6.45) is 4.08. The third-order valence-electron chi connectivity index (χ3n) is 4.72. The predicted molar refractivity (Wildman–Crippen MR) is 73.5 cm³/mol. The summed E-state index contributed by atoms with van der Waals surface area (Å²) in [6, 6.07) is 0.111. The van der Waals surface area contributed by atoms with E-state index in [-0.39, 0.29) is 18.2 Å². The molecule has 2 rings (SSSR count). The lowest BCUT2D eigenvalue weighted by Crippen LogP contribution is -2.50. The summed E-state index contributed by atoms with van der Waals surface area (Å²) in [6.45, 7) is 2.77. The number of urea groups is 1. The molecule has 1 aliphatic heterocycles.